The van der Waals surface area contributed by atoms with Gasteiger partial charge < -0.3 is 10.2 Å². The molecular formula is C27H29N5. The summed E-state index contributed by atoms with van der Waals surface area (Å²) >= 11 is 0. The van der Waals surface area contributed by atoms with Crippen LogP contribution < -0.4 is 10.2 Å². The van der Waals surface area contributed by atoms with Crippen molar-refractivity contribution < 1.29 is 0 Å². The SMILES string of the molecule is Cc1ccc(CNc2nc(N3CCN(Cc4ccccc4)CC3)nc3ccccc23)cc1. The van der Waals surface area contributed by atoms with Crippen molar-refractivity contribution in [1.29, 1.82) is 0 Å². The van der Waals surface area contributed by atoms with Gasteiger partial charge in [-0.1, -0.05) is 72.3 Å². The van der Waals surface area contributed by atoms with Gasteiger partial charge in [0.15, 0.2) is 0 Å². The lowest BCUT2D eigenvalue weighted by Gasteiger charge is -2.35. The van der Waals surface area contributed by atoms with Gasteiger partial charge in [-0.3, -0.25) is 4.90 Å². The van der Waals surface area contributed by atoms with Crippen LogP contribution in [-0.2, 0) is 13.1 Å². The number of fused-ring (bicyclic) bond motifs is 1. The lowest BCUT2D eigenvalue weighted by atomic mass is 10.1. The fraction of sp³-hybridized carbons (Fsp3) is 0.259. The van der Waals surface area contributed by atoms with E-state index in [2.05, 4.69) is 88.8 Å². The van der Waals surface area contributed by atoms with Gasteiger partial charge in [0.25, 0.3) is 0 Å². The first-order chi connectivity index (χ1) is 15.7. The fourth-order valence-electron chi connectivity index (χ4n) is 4.18. The maximum absolute atomic E-state index is 4.95. The van der Waals surface area contributed by atoms with Gasteiger partial charge in [0.1, 0.15) is 5.82 Å². The number of hydrogen-bond acceptors (Lipinski definition) is 5. The predicted molar refractivity (Wildman–Crippen MR) is 132 cm³/mol. The van der Waals surface area contributed by atoms with Gasteiger partial charge in [-0.25, -0.2) is 4.98 Å². The molecule has 1 saturated heterocycles. The van der Waals surface area contributed by atoms with Crippen molar-refractivity contribution in [2.24, 2.45) is 0 Å². The van der Waals surface area contributed by atoms with Crippen molar-refractivity contribution in [3.05, 3.63) is 95.6 Å². The average Bonchev–Trinajstić information content (AvgIpc) is 2.84. The van der Waals surface area contributed by atoms with E-state index in [0.717, 1.165) is 61.9 Å². The molecule has 162 valence electrons. The third kappa shape index (κ3) is 4.73. The van der Waals surface area contributed by atoms with E-state index >= 15 is 0 Å². The highest BCUT2D eigenvalue weighted by atomic mass is 15.3. The molecule has 1 aliphatic heterocycles. The smallest absolute Gasteiger partial charge is 0.227 e. The van der Waals surface area contributed by atoms with Gasteiger partial charge in [-0.2, -0.15) is 4.98 Å². The zero-order valence-electron chi connectivity index (χ0n) is 18.5. The lowest BCUT2D eigenvalue weighted by molar-refractivity contribution is 0.249. The molecule has 1 aromatic heterocycles. The minimum atomic E-state index is 0.742. The molecule has 1 aliphatic rings. The van der Waals surface area contributed by atoms with Crippen molar-refractivity contribution in [2.75, 3.05) is 36.4 Å². The quantitative estimate of drug-likeness (QED) is 0.479. The molecule has 5 heteroatoms. The molecule has 32 heavy (non-hydrogen) atoms. The monoisotopic (exact) mass is 423 g/mol. The number of nitrogens with zero attached hydrogens (tertiary/aromatic N) is 4. The number of rotatable bonds is 6. The van der Waals surface area contributed by atoms with Crippen molar-refractivity contribution in [1.82, 2.24) is 14.9 Å². The van der Waals surface area contributed by atoms with Gasteiger partial charge in [-0.05, 0) is 30.2 Å². The maximum atomic E-state index is 4.95. The molecule has 1 fully saturated rings. The van der Waals surface area contributed by atoms with E-state index in [1.165, 1.54) is 16.7 Å². The molecule has 3 aromatic carbocycles. The number of para-hydroxylation sites is 1. The molecule has 0 unspecified atom stereocenters. The number of benzene rings is 3. The molecule has 0 radical (unpaired) electrons. The fourth-order valence-corrected chi connectivity index (χ4v) is 4.18. The minimum absolute atomic E-state index is 0.742. The Morgan fingerprint density at radius 2 is 1.47 bits per heavy atom. The largest absolute Gasteiger partial charge is 0.365 e. The highest BCUT2D eigenvalue weighted by Gasteiger charge is 2.20. The van der Waals surface area contributed by atoms with E-state index in [1.54, 1.807) is 0 Å². The minimum Gasteiger partial charge on any atom is -0.365 e. The van der Waals surface area contributed by atoms with E-state index < -0.39 is 0 Å². The first-order valence-corrected chi connectivity index (χ1v) is 11.3. The topological polar surface area (TPSA) is 44.3 Å². The van der Waals surface area contributed by atoms with Crippen LogP contribution in [0.25, 0.3) is 10.9 Å². The Labute approximate surface area is 189 Å². The third-order valence-electron chi connectivity index (χ3n) is 6.08. The summed E-state index contributed by atoms with van der Waals surface area (Å²) in [6.45, 7) is 7.74. The molecule has 5 rings (SSSR count). The Hall–Kier alpha value is -3.44. The number of nitrogens with one attached hydrogen (secondary N) is 1. The Bertz CT molecular complexity index is 1170. The second-order valence-electron chi connectivity index (χ2n) is 8.48. The molecule has 4 aromatic rings. The second kappa shape index (κ2) is 9.37. The standard InChI is InChI=1S/C27H29N5/c1-21-11-13-22(14-12-21)19-28-26-24-9-5-6-10-25(24)29-27(30-26)32-17-15-31(16-18-32)20-23-7-3-2-4-8-23/h2-14H,15-20H2,1H3,(H,28,29,30). The second-order valence-corrected chi connectivity index (χ2v) is 8.48. The first kappa shape index (κ1) is 20.5. The summed E-state index contributed by atoms with van der Waals surface area (Å²) in [5, 5.41) is 4.62. The van der Waals surface area contributed by atoms with Gasteiger partial charge in [0.05, 0.1) is 5.52 Å². The normalized spacial score (nSPS) is 14.6. The molecule has 0 spiro atoms. The van der Waals surface area contributed by atoms with Crippen LogP contribution in [0.15, 0.2) is 78.9 Å². The van der Waals surface area contributed by atoms with E-state index in [0.29, 0.717) is 0 Å². The lowest BCUT2D eigenvalue weighted by Crippen LogP contribution is -2.46. The Balaban J connectivity index is 1.31. The summed E-state index contributed by atoms with van der Waals surface area (Å²) < 4.78 is 0. The van der Waals surface area contributed by atoms with Crippen molar-refractivity contribution in [3.63, 3.8) is 0 Å². The van der Waals surface area contributed by atoms with Crippen LogP contribution in [0.1, 0.15) is 16.7 Å². The summed E-state index contributed by atoms with van der Waals surface area (Å²) in [5.41, 5.74) is 4.87. The highest BCUT2D eigenvalue weighted by Crippen LogP contribution is 2.25. The molecule has 2 heterocycles. The summed E-state index contributed by atoms with van der Waals surface area (Å²) in [5.74, 6) is 1.72. The number of aryl methyl sites for hydroxylation is 1. The first-order valence-electron chi connectivity index (χ1n) is 11.3. The van der Waals surface area contributed by atoms with E-state index in [4.69, 9.17) is 9.97 Å². The van der Waals surface area contributed by atoms with Crippen LogP contribution in [0.4, 0.5) is 11.8 Å². The molecule has 0 atom stereocenters. The van der Waals surface area contributed by atoms with Gasteiger partial charge in [-0.15, -0.1) is 0 Å². The van der Waals surface area contributed by atoms with Gasteiger partial charge >= 0.3 is 0 Å². The van der Waals surface area contributed by atoms with Crippen molar-refractivity contribution in [2.45, 2.75) is 20.0 Å². The summed E-state index contributed by atoms with van der Waals surface area (Å²) in [4.78, 5) is 14.7. The van der Waals surface area contributed by atoms with E-state index in [1.807, 2.05) is 12.1 Å². The number of hydrogen-bond donors (Lipinski definition) is 1. The maximum Gasteiger partial charge on any atom is 0.227 e. The van der Waals surface area contributed by atoms with Crippen LogP contribution >= 0.6 is 0 Å². The van der Waals surface area contributed by atoms with Crippen LogP contribution in [0.3, 0.4) is 0 Å². The zero-order valence-corrected chi connectivity index (χ0v) is 18.5. The third-order valence-corrected chi connectivity index (χ3v) is 6.08. The molecule has 0 bridgehead atoms. The average molecular weight is 424 g/mol. The molecule has 0 aliphatic carbocycles. The number of piperazine rings is 1. The zero-order chi connectivity index (χ0) is 21.8. The Kier molecular flexibility index (Phi) is 5.99. The van der Waals surface area contributed by atoms with Gasteiger partial charge in [0, 0.05) is 44.7 Å². The van der Waals surface area contributed by atoms with E-state index in [-0.39, 0.29) is 0 Å². The molecule has 5 nitrogen and oxygen atoms in total. The van der Waals surface area contributed by atoms with Crippen LogP contribution in [0, 0.1) is 6.92 Å². The molecule has 0 amide bonds. The summed E-state index contributed by atoms with van der Waals surface area (Å²) in [7, 11) is 0. The molecule has 0 saturated carbocycles. The van der Waals surface area contributed by atoms with Gasteiger partial charge in [0.2, 0.25) is 5.95 Å². The van der Waals surface area contributed by atoms with Crippen LogP contribution in [0.2, 0.25) is 0 Å². The molecule has 1 N–H and O–H groups in total. The van der Waals surface area contributed by atoms with Crippen LogP contribution in [0.5, 0.6) is 0 Å². The Morgan fingerprint density at radius 1 is 0.750 bits per heavy atom. The van der Waals surface area contributed by atoms with E-state index in [9.17, 15) is 0 Å². The summed E-state index contributed by atoms with van der Waals surface area (Å²) in [6, 6.07) is 27.6. The van der Waals surface area contributed by atoms with Crippen LogP contribution in [-0.4, -0.2) is 41.0 Å². The van der Waals surface area contributed by atoms with Crippen molar-refractivity contribution >= 4 is 22.7 Å². The Morgan fingerprint density at radius 3 is 2.25 bits per heavy atom. The van der Waals surface area contributed by atoms with Crippen molar-refractivity contribution in [3.8, 4) is 0 Å². The molecular weight excluding hydrogens is 394 g/mol. The highest BCUT2D eigenvalue weighted by molar-refractivity contribution is 5.90. The predicted octanol–water partition coefficient (Wildman–Crippen LogP) is 4.87. The summed E-state index contributed by atoms with van der Waals surface area (Å²) in [6.07, 6.45) is 0. The number of aromatic nitrogens is 2. The number of anilines is 2.